The number of nitrogens with zero attached hydrogens (tertiary/aromatic N) is 1. The van der Waals surface area contributed by atoms with Crippen molar-refractivity contribution >= 4 is 29.7 Å². The molecule has 0 spiro atoms. The molecule has 2 atom stereocenters. The molecular formula is C13H21ClN2OS. The molecule has 3 nitrogen and oxygen atoms in total. The molecule has 2 unspecified atom stereocenters. The number of nitrogens with two attached hydrogens (primary N) is 1. The largest absolute Gasteiger partial charge is 0.338 e. The number of hydrogen-bond donors (Lipinski definition) is 1. The van der Waals surface area contributed by atoms with Crippen molar-refractivity contribution in [2.75, 3.05) is 13.1 Å². The zero-order valence-corrected chi connectivity index (χ0v) is 12.3. The molecule has 2 heterocycles. The summed E-state index contributed by atoms with van der Waals surface area (Å²) in [5, 5.41) is 4.06. The Hall–Kier alpha value is -0.580. The van der Waals surface area contributed by atoms with E-state index in [1.165, 1.54) is 6.42 Å². The number of piperidine rings is 1. The van der Waals surface area contributed by atoms with Crippen LogP contribution in [0.15, 0.2) is 16.8 Å². The monoisotopic (exact) mass is 288 g/mol. The highest BCUT2D eigenvalue weighted by Gasteiger charge is 2.30. The van der Waals surface area contributed by atoms with E-state index in [1.807, 2.05) is 21.7 Å². The number of rotatable bonds is 3. The Bertz CT molecular complexity index is 369. The summed E-state index contributed by atoms with van der Waals surface area (Å²) in [6, 6.07) is 2.25. The van der Waals surface area contributed by atoms with E-state index >= 15 is 0 Å². The van der Waals surface area contributed by atoms with E-state index < -0.39 is 0 Å². The van der Waals surface area contributed by atoms with Crippen molar-refractivity contribution in [1.29, 1.82) is 0 Å². The summed E-state index contributed by atoms with van der Waals surface area (Å²) in [5.74, 6) is 0.755. The number of amides is 1. The lowest BCUT2D eigenvalue weighted by atomic mass is 9.90. The average molecular weight is 289 g/mol. The molecule has 0 aromatic carbocycles. The van der Waals surface area contributed by atoms with Crippen molar-refractivity contribution in [3.63, 3.8) is 0 Å². The van der Waals surface area contributed by atoms with Crippen LogP contribution in [0.2, 0.25) is 0 Å². The molecule has 2 N–H and O–H groups in total. The van der Waals surface area contributed by atoms with E-state index in [0.717, 1.165) is 18.5 Å². The molecule has 1 saturated heterocycles. The first-order chi connectivity index (χ1) is 8.22. The highest BCUT2D eigenvalue weighted by Crippen LogP contribution is 2.23. The number of carbonyl (C=O) groups excluding carboxylic acids is 1. The number of hydrogen-bond acceptors (Lipinski definition) is 3. The van der Waals surface area contributed by atoms with Gasteiger partial charge in [0, 0.05) is 19.1 Å². The van der Waals surface area contributed by atoms with Crippen LogP contribution >= 0.6 is 23.7 Å². The van der Waals surface area contributed by atoms with Gasteiger partial charge < -0.3 is 10.6 Å². The van der Waals surface area contributed by atoms with Gasteiger partial charge in [0.2, 0.25) is 5.91 Å². The van der Waals surface area contributed by atoms with Gasteiger partial charge in [-0.3, -0.25) is 4.79 Å². The normalized spacial score (nSPS) is 23.6. The summed E-state index contributed by atoms with van der Waals surface area (Å²) < 4.78 is 0. The van der Waals surface area contributed by atoms with E-state index in [2.05, 4.69) is 6.92 Å². The van der Waals surface area contributed by atoms with Gasteiger partial charge in [0.15, 0.2) is 0 Å². The van der Waals surface area contributed by atoms with Gasteiger partial charge >= 0.3 is 0 Å². The third-order valence-corrected chi connectivity index (χ3v) is 4.35. The molecule has 1 aliphatic rings. The summed E-state index contributed by atoms with van der Waals surface area (Å²) in [7, 11) is 0. The van der Waals surface area contributed by atoms with Gasteiger partial charge in [-0.2, -0.15) is 11.3 Å². The van der Waals surface area contributed by atoms with Crippen molar-refractivity contribution in [3.8, 4) is 0 Å². The Morgan fingerprint density at radius 1 is 1.61 bits per heavy atom. The highest BCUT2D eigenvalue weighted by atomic mass is 35.5. The molecular weight excluding hydrogens is 268 g/mol. The topological polar surface area (TPSA) is 46.3 Å². The van der Waals surface area contributed by atoms with E-state index in [9.17, 15) is 4.79 Å². The van der Waals surface area contributed by atoms with Crippen LogP contribution in [0.3, 0.4) is 0 Å². The molecule has 5 heteroatoms. The zero-order valence-electron chi connectivity index (χ0n) is 10.7. The second kappa shape index (κ2) is 7.12. The maximum Gasteiger partial charge on any atom is 0.227 e. The van der Waals surface area contributed by atoms with E-state index in [-0.39, 0.29) is 24.4 Å². The van der Waals surface area contributed by atoms with Gasteiger partial charge in [0.25, 0.3) is 0 Å². The first-order valence-corrected chi connectivity index (χ1v) is 7.17. The van der Waals surface area contributed by atoms with Crippen LogP contribution in [0.1, 0.15) is 25.3 Å². The summed E-state index contributed by atoms with van der Waals surface area (Å²) >= 11 is 1.64. The van der Waals surface area contributed by atoms with Gasteiger partial charge in [-0.25, -0.2) is 0 Å². The minimum atomic E-state index is 0. The second-order valence-electron chi connectivity index (χ2n) is 4.82. The highest BCUT2D eigenvalue weighted by molar-refractivity contribution is 7.07. The lowest BCUT2D eigenvalue weighted by Crippen LogP contribution is -2.51. The predicted molar refractivity (Wildman–Crippen MR) is 78.2 cm³/mol. The van der Waals surface area contributed by atoms with Gasteiger partial charge in [-0.1, -0.05) is 6.92 Å². The third-order valence-electron chi connectivity index (χ3n) is 3.61. The molecule has 2 rings (SSSR count). The Balaban J connectivity index is 0.00000162. The molecule has 0 bridgehead atoms. The molecule has 1 amide bonds. The summed E-state index contributed by atoms with van der Waals surface area (Å²) in [5.41, 5.74) is 6.92. The summed E-state index contributed by atoms with van der Waals surface area (Å²) in [4.78, 5) is 14.2. The molecule has 1 aromatic heterocycles. The fourth-order valence-corrected chi connectivity index (χ4v) is 3.26. The molecule has 1 aromatic rings. The van der Waals surface area contributed by atoms with Crippen molar-refractivity contribution in [2.24, 2.45) is 11.7 Å². The Labute approximate surface area is 119 Å². The fraction of sp³-hybridized carbons (Fsp3) is 0.615. The third kappa shape index (κ3) is 3.46. The first-order valence-electron chi connectivity index (χ1n) is 6.23. The van der Waals surface area contributed by atoms with E-state index in [1.54, 1.807) is 11.3 Å². The summed E-state index contributed by atoms with van der Waals surface area (Å²) in [6.45, 7) is 3.65. The van der Waals surface area contributed by atoms with E-state index in [4.69, 9.17) is 5.73 Å². The molecule has 18 heavy (non-hydrogen) atoms. The standard InChI is InChI=1S/C13H20N2OS.ClH/c1-10-3-2-5-15(12(10)8-14)13(16)7-11-4-6-17-9-11;/h4,6,9-10,12H,2-3,5,7-8,14H2,1H3;1H. The maximum absolute atomic E-state index is 12.3. The molecule has 1 aliphatic heterocycles. The smallest absolute Gasteiger partial charge is 0.227 e. The number of likely N-dealkylation sites (tertiary alicyclic amines) is 1. The van der Waals surface area contributed by atoms with E-state index in [0.29, 0.717) is 18.9 Å². The summed E-state index contributed by atoms with van der Waals surface area (Å²) in [6.07, 6.45) is 2.81. The Kier molecular flexibility index (Phi) is 6.12. The molecule has 0 radical (unpaired) electrons. The molecule has 102 valence electrons. The van der Waals surface area contributed by atoms with Gasteiger partial charge in [-0.05, 0) is 41.1 Å². The number of halogens is 1. The predicted octanol–water partition coefficient (Wildman–Crippen LogP) is 2.30. The van der Waals surface area contributed by atoms with Crippen LogP contribution in [0, 0.1) is 5.92 Å². The quantitative estimate of drug-likeness (QED) is 0.928. The molecule has 0 saturated carbocycles. The Morgan fingerprint density at radius 2 is 2.39 bits per heavy atom. The van der Waals surface area contributed by atoms with Crippen LogP contribution in [0.25, 0.3) is 0 Å². The second-order valence-corrected chi connectivity index (χ2v) is 5.60. The van der Waals surface area contributed by atoms with Crippen molar-refractivity contribution in [3.05, 3.63) is 22.4 Å². The van der Waals surface area contributed by atoms with Crippen molar-refractivity contribution in [2.45, 2.75) is 32.2 Å². The van der Waals surface area contributed by atoms with Gasteiger partial charge in [0.1, 0.15) is 0 Å². The van der Waals surface area contributed by atoms with Crippen molar-refractivity contribution in [1.82, 2.24) is 4.90 Å². The van der Waals surface area contributed by atoms with Crippen LogP contribution in [0.5, 0.6) is 0 Å². The zero-order chi connectivity index (χ0) is 12.3. The maximum atomic E-state index is 12.3. The number of carbonyl (C=O) groups is 1. The van der Waals surface area contributed by atoms with Crippen LogP contribution in [0.4, 0.5) is 0 Å². The average Bonchev–Trinajstić information content (AvgIpc) is 2.81. The first kappa shape index (κ1) is 15.5. The van der Waals surface area contributed by atoms with Crippen LogP contribution in [-0.2, 0) is 11.2 Å². The van der Waals surface area contributed by atoms with Gasteiger partial charge in [-0.15, -0.1) is 12.4 Å². The molecule has 1 fully saturated rings. The van der Waals surface area contributed by atoms with Crippen molar-refractivity contribution < 1.29 is 4.79 Å². The fourth-order valence-electron chi connectivity index (χ4n) is 2.59. The Morgan fingerprint density at radius 3 is 3.00 bits per heavy atom. The minimum Gasteiger partial charge on any atom is -0.338 e. The SMILES string of the molecule is CC1CCCN(C(=O)Cc2ccsc2)C1CN.Cl. The lowest BCUT2D eigenvalue weighted by molar-refractivity contribution is -0.135. The molecule has 0 aliphatic carbocycles. The lowest BCUT2D eigenvalue weighted by Gasteiger charge is -2.39. The van der Waals surface area contributed by atoms with Crippen LogP contribution < -0.4 is 5.73 Å². The van der Waals surface area contributed by atoms with Gasteiger partial charge in [0.05, 0.1) is 6.42 Å². The number of thiophene rings is 1. The van der Waals surface area contributed by atoms with Crippen LogP contribution in [-0.4, -0.2) is 29.9 Å². The minimum absolute atomic E-state index is 0.